The van der Waals surface area contributed by atoms with Crippen molar-refractivity contribution >= 4 is 21.4 Å². The van der Waals surface area contributed by atoms with Crippen LogP contribution in [0.2, 0.25) is 0 Å². The number of fused-ring (bicyclic) bond motifs is 1. The van der Waals surface area contributed by atoms with Crippen LogP contribution in [-0.2, 0) is 10.9 Å². The summed E-state index contributed by atoms with van der Waals surface area (Å²) in [5.41, 5.74) is 0.190. The van der Waals surface area contributed by atoms with Gasteiger partial charge >= 0.3 is 6.18 Å². The molecular weight excluding hydrogens is 325 g/mol. The number of alkyl halides is 3. The van der Waals surface area contributed by atoms with Gasteiger partial charge in [-0.25, -0.2) is 0 Å². The third-order valence-corrected chi connectivity index (χ3v) is 5.14. The summed E-state index contributed by atoms with van der Waals surface area (Å²) < 4.78 is 44.4. The number of aryl methyl sites for hydroxylation is 1. The summed E-state index contributed by atoms with van der Waals surface area (Å²) in [5.74, 6) is 0. The first-order chi connectivity index (χ1) is 10.8. The normalized spacial score (nSPS) is 13.7. The Bertz CT molecular complexity index is 649. The highest BCUT2D eigenvalue weighted by molar-refractivity contribution is 7.19. The molecule has 2 rings (SSSR count). The minimum absolute atomic E-state index is 0.447. The first kappa shape index (κ1) is 18.2. The van der Waals surface area contributed by atoms with Crippen LogP contribution in [0, 0.1) is 6.92 Å². The van der Waals surface area contributed by atoms with Gasteiger partial charge in [0, 0.05) is 29.2 Å². The smallest absolute Gasteiger partial charge is 0.387 e. The minimum Gasteiger partial charge on any atom is -0.387 e. The number of halogens is 3. The van der Waals surface area contributed by atoms with Gasteiger partial charge in [-0.2, -0.15) is 13.2 Å². The minimum atomic E-state index is -4.35. The molecule has 0 amide bonds. The monoisotopic (exact) mass is 346 g/mol. The lowest BCUT2D eigenvalue weighted by atomic mass is 10.1. The lowest BCUT2D eigenvalue weighted by molar-refractivity contribution is -0.137. The third kappa shape index (κ3) is 4.46. The Balaban J connectivity index is 2.13. The summed E-state index contributed by atoms with van der Waals surface area (Å²) in [6.45, 7) is 5.03. The van der Waals surface area contributed by atoms with E-state index in [1.54, 1.807) is 0 Å². The molecule has 0 fully saturated rings. The zero-order valence-electron chi connectivity index (χ0n) is 13.2. The molecular formula is C17H21F3O2S. The summed E-state index contributed by atoms with van der Waals surface area (Å²) in [4.78, 5) is 0.721. The number of benzene rings is 1. The molecule has 0 bridgehead atoms. The molecule has 1 heterocycles. The standard InChI is InChI=1S/C17H21F3O2S/c1-3-4-8-22-9-7-14(21)16-11(2)13-6-5-12(17(18,19)20)10-15(13)23-16/h5-6,10,14,21H,3-4,7-9H2,1-2H3. The Morgan fingerprint density at radius 3 is 2.65 bits per heavy atom. The van der Waals surface area contributed by atoms with Crippen molar-refractivity contribution in [2.75, 3.05) is 13.2 Å². The second-order valence-electron chi connectivity index (χ2n) is 5.57. The van der Waals surface area contributed by atoms with Crippen molar-refractivity contribution in [3.63, 3.8) is 0 Å². The van der Waals surface area contributed by atoms with Crippen LogP contribution < -0.4 is 0 Å². The number of ether oxygens (including phenoxy) is 1. The van der Waals surface area contributed by atoms with E-state index in [1.165, 1.54) is 17.4 Å². The fourth-order valence-electron chi connectivity index (χ4n) is 2.41. The second-order valence-corrected chi connectivity index (χ2v) is 6.65. The Morgan fingerprint density at radius 1 is 1.26 bits per heavy atom. The summed E-state index contributed by atoms with van der Waals surface area (Å²) in [6, 6.07) is 3.73. The summed E-state index contributed by atoms with van der Waals surface area (Å²) in [5, 5.41) is 11.1. The van der Waals surface area contributed by atoms with E-state index in [9.17, 15) is 18.3 Å². The molecule has 23 heavy (non-hydrogen) atoms. The van der Waals surface area contributed by atoms with Crippen LogP contribution in [0.25, 0.3) is 10.1 Å². The first-order valence-corrected chi connectivity index (χ1v) is 8.52. The van der Waals surface area contributed by atoms with Crippen LogP contribution in [-0.4, -0.2) is 18.3 Å². The van der Waals surface area contributed by atoms with E-state index in [0.717, 1.165) is 40.8 Å². The zero-order valence-corrected chi connectivity index (χ0v) is 14.1. The number of hydrogen-bond donors (Lipinski definition) is 1. The number of aliphatic hydroxyl groups excluding tert-OH is 1. The van der Waals surface area contributed by atoms with Crippen LogP contribution in [0.1, 0.15) is 48.3 Å². The van der Waals surface area contributed by atoms with Crippen molar-refractivity contribution < 1.29 is 23.0 Å². The molecule has 1 aromatic carbocycles. The predicted octanol–water partition coefficient (Wildman–Crippen LogP) is 5.47. The first-order valence-electron chi connectivity index (χ1n) is 7.70. The molecule has 1 unspecified atom stereocenters. The molecule has 0 aliphatic heterocycles. The predicted molar refractivity (Wildman–Crippen MR) is 86.9 cm³/mol. The molecule has 0 radical (unpaired) electrons. The van der Waals surface area contributed by atoms with E-state index in [-0.39, 0.29) is 0 Å². The van der Waals surface area contributed by atoms with Gasteiger partial charge in [0.25, 0.3) is 0 Å². The van der Waals surface area contributed by atoms with E-state index in [4.69, 9.17) is 4.74 Å². The highest BCUT2D eigenvalue weighted by atomic mass is 32.1. The molecule has 0 spiro atoms. The zero-order chi connectivity index (χ0) is 17.0. The molecule has 0 aliphatic carbocycles. The van der Waals surface area contributed by atoms with Gasteiger partial charge in [-0.15, -0.1) is 11.3 Å². The average Bonchev–Trinajstić information content (AvgIpc) is 2.83. The number of hydrogen-bond acceptors (Lipinski definition) is 3. The molecule has 2 aromatic rings. The van der Waals surface area contributed by atoms with E-state index in [1.807, 2.05) is 6.92 Å². The van der Waals surface area contributed by atoms with Crippen LogP contribution in [0.4, 0.5) is 13.2 Å². The number of rotatable bonds is 7. The maximum absolute atomic E-state index is 12.8. The van der Waals surface area contributed by atoms with Crippen molar-refractivity contribution in [1.29, 1.82) is 0 Å². The Hall–Kier alpha value is -1.11. The van der Waals surface area contributed by atoms with Crippen LogP contribution in [0.3, 0.4) is 0 Å². The Kier molecular flexibility index (Phi) is 6.06. The van der Waals surface area contributed by atoms with Gasteiger partial charge in [0.2, 0.25) is 0 Å². The summed E-state index contributed by atoms with van der Waals surface area (Å²) >= 11 is 1.23. The molecule has 2 nitrogen and oxygen atoms in total. The van der Waals surface area contributed by atoms with Crippen LogP contribution >= 0.6 is 11.3 Å². The molecule has 1 atom stereocenters. The van der Waals surface area contributed by atoms with E-state index in [2.05, 4.69) is 6.92 Å². The lowest BCUT2D eigenvalue weighted by Crippen LogP contribution is -2.04. The maximum atomic E-state index is 12.8. The maximum Gasteiger partial charge on any atom is 0.416 e. The molecule has 1 aromatic heterocycles. The van der Waals surface area contributed by atoms with E-state index >= 15 is 0 Å². The van der Waals surface area contributed by atoms with Crippen molar-refractivity contribution in [2.45, 2.75) is 45.4 Å². The third-order valence-electron chi connectivity index (χ3n) is 3.78. The SMILES string of the molecule is CCCCOCCC(O)c1sc2cc(C(F)(F)F)ccc2c1C. The lowest BCUT2D eigenvalue weighted by Gasteiger charge is -2.10. The molecule has 0 saturated heterocycles. The summed E-state index contributed by atoms with van der Waals surface area (Å²) in [6.07, 6.45) is -2.57. The fraction of sp³-hybridized carbons (Fsp3) is 0.529. The second kappa shape index (κ2) is 7.64. The van der Waals surface area contributed by atoms with Crippen LogP contribution in [0.5, 0.6) is 0 Å². The highest BCUT2D eigenvalue weighted by Gasteiger charge is 2.31. The quantitative estimate of drug-likeness (QED) is 0.674. The molecule has 6 heteroatoms. The van der Waals surface area contributed by atoms with Gasteiger partial charge in [-0.3, -0.25) is 0 Å². The van der Waals surface area contributed by atoms with Crippen LogP contribution in [0.15, 0.2) is 18.2 Å². The van der Waals surface area contributed by atoms with Gasteiger partial charge in [0.05, 0.1) is 11.7 Å². The fourth-order valence-corrected chi connectivity index (χ4v) is 3.68. The molecule has 1 N–H and O–H groups in total. The van der Waals surface area contributed by atoms with E-state index < -0.39 is 17.8 Å². The van der Waals surface area contributed by atoms with Crippen molar-refractivity contribution in [3.8, 4) is 0 Å². The topological polar surface area (TPSA) is 29.5 Å². The number of aliphatic hydroxyl groups is 1. The van der Waals surface area contributed by atoms with Gasteiger partial charge in [-0.05, 0) is 36.4 Å². The molecule has 0 saturated carbocycles. The van der Waals surface area contributed by atoms with Crippen molar-refractivity contribution in [2.24, 2.45) is 0 Å². The van der Waals surface area contributed by atoms with Gasteiger partial charge in [-0.1, -0.05) is 19.4 Å². The number of unbranched alkanes of at least 4 members (excludes halogenated alkanes) is 1. The Morgan fingerprint density at radius 2 is 2.00 bits per heavy atom. The Labute approximate surface area is 137 Å². The van der Waals surface area contributed by atoms with Crippen molar-refractivity contribution in [3.05, 3.63) is 34.2 Å². The molecule has 0 aliphatic rings. The summed E-state index contributed by atoms with van der Waals surface area (Å²) in [7, 11) is 0. The number of thiophene rings is 1. The van der Waals surface area contributed by atoms with Crippen molar-refractivity contribution in [1.82, 2.24) is 0 Å². The van der Waals surface area contributed by atoms with Gasteiger partial charge < -0.3 is 9.84 Å². The highest BCUT2D eigenvalue weighted by Crippen LogP contribution is 2.39. The molecule has 128 valence electrons. The van der Waals surface area contributed by atoms with Gasteiger partial charge in [0.1, 0.15) is 0 Å². The van der Waals surface area contributed by atoms with Gasteiger partial charge in [0.15, 0.2) is 0 Å². The largest absolute Gasteiger partial charge is 0.416 e. The average molecular weight is 346 g/mol. The van der Waals surface area contributed by atoms with E-state index in [0.29, 0.717) is 24.3 Å².